The fraction of sp³-hybridized carbons (Fsp3) is 0.353. The standard InChI is InChI=1S/C17H19NO2/c1-2-15-8-12(11-19)9-17(18-15)20-16-7-6-13-4-3-5-14(13)10-16/h6-10,19H,2-5,11H2,1H3. The first-order chi connectivity index (χ1) is 9.78. The average molecular weight is 269 g/mol. The zero-order valence-electron chi connectivity index (χ0n) is 11.7. The Morgan fingerprint density at radius 3 is 2.80 bits per heavy atom. The van der Waals surface area contributed by atoms with Crippen LogP contribution in [0.15, 0.2) is 30.3 Å². The second-order valence-electron chi connectivity index (χ2n) is 5.20. The zero-order valence-corrected chi connectivity index (χ0v) is 11.7. The summed E-state index contributed by atoms with van der Waals surface area (Å²) in [5, 5.41) is 9.29. The van der Waals surface area contributed by atoms with Gasteiger partial charge in [-0.3, -0.25) is 0 Å². The van der Waals surface area contributed by atoms with Crippen LogP contribution < -0.4 is 4.74 Å². The molecule has 1 heterocycles. The van der Waals surface area contributed by atoms with Crippen LogP contribution in [0.1, 0.15) is 35.7 Å². The van der Waals surface area contributed by atoms with E-state index in [-0.39, 0.29) is 6.61 Å². The highest BCUT2D eigenvalue weighted by atomic mass is 16.5. The highest BCUT2D eigenvalue weighted by molar-refractivity contribution is 5.40. The van der Waals surface area contributed by atoms with Crippen LogP contribution in [-0.4, -0.2) is 10.1 Å². The first-order valence-electron chi connectivity index (χ1n) is 7.19. The molecule has 3 nitrogen and oxygen atoms in total. The van der Waals surface area contributed by atoms with Crippen LogP contribution in [-0.2, 0) is 25.9 Å². The van der Waals surface area contributed by atoms with Crippen LogP contribution in [0.5, 0.6) is 11.6 Å². The van der Waals surface area contributed by atoms with Crippen molar-refractivity contribution in [2.45, 2.75) is 39.2 Å². The number of aliphatic hydroxyl groups is 1. The summed E-state index contributed by atoms with van der Waals surface area (Å²) in [6.45, 7) is 2.05. The Bertz CT molecular complexity index is 600. The molecule has 1 aliphatic rings. The number of hydrogen-bond donors (Lipinski definition) is 1. The summed E-state index contributed by atoms with van der Waals surface area (Å²) in [5.41, 5.74) is 4.60. The van der Waals surface area contributed by atoms with E-state index in [1.165, 1.54) is 24.0 Å². The van der Waals surface area contributed by atoms with Gasteiger partial charge in [0.2, 0.25) is 5.88 Å². The SMILES string of the molecule is CCc1cc(CO)cc(Oc2ccc3c(c2)CCC3)n1. The highest BCUT2D eigenvalue weighted by Gasteiger charge is 2.12. The van der Waals surface area contributed by atoms with E-state index in [4.69, 9.17) is 4.74 Å². The molecule has 0 atom stereocenters. The molecule has 1 aromatic carbocycles. The first-order valence-corrected chi connectivity index (χ1v) is 7.19. The number of ether oxygens (including phenoxy) is 1. The van der Waals surface area contributed by atoms with E-state index in [1.807, 2.05) is 19.1 Å². The van der Waals surface area contributed by atoms with Crippen LogP contribution in [0.3, 0.4) is 0 Å². The predicted molar refractivity (Wildman–Crippen MR) is 78.1 cm³/mol. The molecule has 2 aromatic rings. The van der Waals surface area contributed by atoms with Gasteiger partial charge in [-0.05, 0) is 60.6 Å². The zero-order chi connectivity index (χ0) is 13.9. The minimum Gasteiger partial charge on any atom is -0.439 e. The van der Waals surface area contributed by atoms with Gasteiger partial charge in [0.1, 0.15) is 5.75 Å². The van der Waals surface area contributed by atoms with Crippen LogP contribution in [0.2, 0.25) is 0 Å². The molecule has 0 saturated heterocycles. The first kappa shape index (κ1) is 13.1. The van der Waals surface area contributed by atoms with Crippen molar-refractivity contribution in [3.63, 3.8) is 0 Å². The summed E-state index contributed by atoms with van der Waals surface area (Å²) in [6.07, 6.45) is 4.37. The van der Waals surface area contributed by atoms with Gasteiger partial charge in [-0.2, -0.15) is 0 Å². The Kier molecular flexibility index (Phi) is 3.70. The molecular formula is C17H19NO2. The van der Waals surface area contributed by atoms with Gasteiger partial charge in [0.15, 0.2) is 0 Å². The number of pyridine rings is 1. The van der Waals surface area contributed by atoms with Gasteiger partial charge in [-0.15, -0.1) is 0 Å². The Hall–Kier alpha value is -1.87. The molecule has 0 aliphatic heterocycles. The number of benzene rings is 1. The molecule has 20 heavy (non-hydrogen) atoms. The Morgan fingerprint density at radius 1 is 1.15 bits per heavy atom. The number of aromatic nitrogens is 1. The summed E-state index contributed by atoms with van der Waals surface area (Å²) in [7, 11) is 0. The molecule has 104 valence electrons. The van der Waals surface area contributed by atoms with E-state index in [1.54, 1.807) is 6.07 Å². The molecule has 0 bridgehead atoms. The van der Waals surface area contributed by atoms with E-state index in [0.717, 1.165) is 29.8 Å². The van der Waals surface area contributed by atoms with Crippen molar-refractivity contribution in [3.8, 4) is 11.6 Å². The molecule has 3 rings (SSSR count). The molecule has 0 amide bonds. The molecule has 1 aromatic heterocycles. The number of aliphatic hydroxyl groups excluding tert-OH is 1. The molecule has 0 radical (unpaired) electrons. The minimum atomic E-state index is 0.00999. The van der Waals surface area contributed by atoms with Crippen LogP contribution >= 0.6 is 0 Å². The van der Waals surface area contributed by atoms with Crippen molar-refractivity contribution < 1.29 is 9.84 Å². The van der Waals surface area contributed by atoms with Crippen molar-refractivity contribution in [3.05, 3.63) is 52.7 Å². The molecule has 0 fully saturated rings. The molecule has 0 saturated carbocycles. The monoisotopic (exact) mass is 269 g/mol. The van der Waals surface area contributed by atoms with Crippen LogP contribution in [0.4, 0.5) is 0 Å². The van der Waals surface area contributed by atoms with E-state index in [2.05, 4.69) is 17.1 Å². The smallest absolute Gasteiger partial charge is 0.219 e. The fourth-order valence-electron chi connectivity index (χ4n) is 2.68. The second-order valence-corrected chi connectivity index (χ2v) is 5.20. The molecule has 0 unspecified atom stereocenters. The summed E-state index contributed by atoms with van der Waals surface area (Å²) < 4.78 is 5.87. The van der Waals surface area contributed by atoms with E-state index in [9.17, 15) is 5.11 Å². The lowest BCUT2D eigenvalue weighted by Crippen LogP contribution is -1.96. The van der Waals surface area contributed by atoms with Crippen molar-refractivity contribution in [1.29, 1.82) is 0 Å². The summed E-state index contributed by atoms with van der Waals surface area (Å²) >= 11 is 0. The lowest BCUT2D eigenvalue weighted by Gasteiger charge is -2.09. The highest BCUT2D eigenvalue weighted by Crippen LogP contribution is 2.28. The number of hydrogen-bond acceptors (Lipinski definition) is 3. The van der Waals surface area contributed by atoms with Crippen LogP contribution in [0.25, 0.3) is 0 Å². The van der Waals surface area contributed by atoms with Crippen molar-refractivity contribution in [2.24, 2.45) is 0 Å². The second kappa shape index (κ2) is 5.63. The van der Waals surface area contributed by atoms with Crippen molar-refractivity contribution >= 4 is 0 Å². The topological polar surface area (TPSA) is 42.4 Å². The molecule has 1 N–H and O–H groups in total. The average Bonchev–Trinajstić information content (AvgIpc) is 2.94. The van der Waals surface area contributed by atoms with Gasteiger partial charge < -0.3 is 9.84 Å². The third kappa shape index (κ3) is 2.68. The van der Waals surface area contributed by atoms with E-state index >= 15 is 0 Å². The third-order valence-corrected chi connectivity index (χ3v) is 3.75. The maximum atomic E-state index is 9.29. The summed E-state index contributed by atoms with van der Waals surface area (Å²) in [4.78, 5) is 4.46. The number of aryl methyl sites for hydroxylation is 3. The molecular weight excluding hydrogens is 250 g/mol. The van der Waals surface area contributed by atoms with Gasteiger partial charge in [-0.25, -0.2) is 4.98 Å². The van der Waals surface area contributed by atoms with Gasteiger partial charge in [0, 0.05) is 11.8 Å². The summed E-state index contributed by atoms with van der Waals surface area (Å²) in [5.74, 6) is 1.39. The van der Waals surface area contributed by atoms with E-state index < -0.39 is 0 Å². The van der Waals surface area contributed by atoms with Gasteiger partial charge in [0.05, 0.1) is 6.61 Å². The molecule has 0 spiro atoms. The van der Waals surface area contributed by atoms with Gasteiger partial charge in [-0.1, -0.05) is 13.0 Å². The summed E-state index contributed by atoms with van der Waals surface area (Å²) in [6, 6.07) is 9.97. The Morgan fingerprint density at radius 2 is 2.00 bits per heavy atom. The quantitative estimate of drug-likeness (QED) is 0.924. The number of nitrogens with zero attached hydrogens (tertiary/aromatic N) is 1. The van der Waals surface area contributed by atoms with Gasteiger partial charge >= 0.3 is 0 Å². The Labute approximate surface area is 119 Å². The van der Waals surface area contributed by atoms with Crippen molar-refractivity contribution in [2.75, 3.05) is 0 Å². The lowest BCUT2D eigenvalue weighted by molar-refractivity contribution is 0.281. The third-order valence-electron chi connectivity index (χ3n) is 3.75. The maximum Gasteiger partial charge on any atom is 0.219 e. The number of fused-ring (bicyclic) bond motifs is 1. The minimum absolute atomic E-state index is 0.00999. The normalized spacial score (nSPS) is 13.3. The Balaban J connectivity index is 1.87. The fourth-order valence-corrected chi connectivity index (χ4v) is 2.68. The van der Waals surface area contributed by atoms with Crippen LogP contribution in [0, 0.1) is 0 Å². The lowest BCUT2D eigenvalue weighted by atomic mass is 10.1. The van der Waals surface area contributed by atoms with Crippen molar-refractivity contribution in [1.82, 2.24) is 4.98 Å². The number of rotatable bonds is 4. The van der Waals surface area contributed by atoms with Gasteiger partial charge in [0.25, 0.3) is 0 Å². The molecule has 1 aliphatic carbocycles. The largest absolute Gasteiger partial charge is 0.439 e. The predicted octanol–water partition coefficient (Wildman–Crippen LogP) is 3.42. The molecule has 3 heteroatoms. The van der Waals surface area contributed by atoms with E-state index in [0.29, 0.717) is 5.88 Å². The maximum absolute atomic E-state index is 9.29.